The quantitative estimate of drug-likeness (QED) is 0.785. The number of halogens is 2. The second kappa shape index (κ2) is 7.76. The molecule has 0 aliphatic rings. The molecule has 0 heterocycles. The van der Waals surface area contributed by atoms with E-state index in [0.717, 1.165) is 12.0 Å². The number of hydrogen-bond donors (Lipinski definition) is 2. The first-order chi connectivity index (χ1) is 8.63. The van der Waals surface area contributed by atoms with Crippen LogP contribution < -0.4 is 10.6 Å². The van der Waals surface area contributed by atoms with Crippen LogP contribution in [0.1, 0.15) is 30.9 Å². The van der Waals surface area contributed by atoms with Crippen LogP contribution in [-0.2, 0) is 11.3 Å². The second-order valence-corrected chi connectivity index (χ2v) is 4.00. The fourth-order valence-corrected chi connectivity index (χ4v) is 1.43. The van der Waals surface area contributed by atoms with E-state index >= 15 is 0 Å². The van der Waals surface area contributed by atoms with Gasteiger partial charge in [0.15, 0.2) is 0 Å². The Morgan fingerprint density at radius 2 is 1.94 bits per heavy atom. The summed E-state index contributed by atoms with van der Waals surface area (Å²) in [7, 11) is 0. The zero-order valence-electron chi connectivity index (χ0n) is 10.4. The standard InChI is InChI=1S/C13H18F2N2O/c1-2-7-17-12(18)9-16-8-10-3-5-11(6-4-10)13(14)15/h3-6,13,16H,2,7-9H2,1H3,(H,17,18). The molecule has 18 heavy (non-hydrogen) atoms. The van der Waals surface area contributed by atoms with E-state index in [9.17, 15) is 13.6 Å². The van der Waals surface area contributed by atoms with Crippen LogP contribution >= 0.6 is 0 Å². The highest BCUT2D eigenvalue weighted by molar-refractivity contribution is 5.77. The van der Waals surface area contributed by atoms with Gasteiger partial charge in [0.2, 0.25) is 5.91 Å². The van der Waals surface area contributed by atoms with Gasteiger partial charge >= 0.3 is 0 Å². The average Bonchev–Trinajstić information content (AvgIpc) is 2.37. The Bertz CT molecular complexity index is 366. The maximum atomic E-state index is 12.3. The molecule has 100 valence electrons. The summed E-state index contributed by atoms with van der Waals surface area (Å²) in [6, 6.07) is 6.08. The fourth-order valence-electron chi connectivity index (χ4n) is 1.43. The Labute approximate surface area is 106 Å². The van der Waals surface area contributed by atoms with Gasteiger partial charge in [-0.2, -0.15) is 0 Å². The van der Waals surface area contributed by atoms with Gasteiger partial charge in [-0.25, -0.2) is 8.78 Å². The van der Waals surface area contributed by atoms with Crippen LogP contribution in [0.5, 0.6) is 0 Å². The number of nitrogens with one attached hydrogen (secondary N) is 2. The minimum atomic E-state index is -2.44. The smallest absolute Gasteiger partial charge is 0.263 e. The summed E-state index contributed by atoms with van der Waals surface area (Å²) in [5, 5.41) is 5.70. The Kier molecular flexibility index (Phi) is 6.28. The van der Waals surface area contributed by atoms with Gasteiger partial charge in [0.25, 0.3) is 6.43 Å². The predicted molar refractivity (Wildman–Crippen MR) is 66.4 cm³/mol. The van der Waals surface area contributed by atoms with Crippen LogP contribution in [0.15, 0.2) is 24.3 Å². The summed E-state index contributed by atoms with van der Waals surface area (Å²) in [6.07, 6.45) is -1.53. The van der Waals surface area contributed by atoms with Crippen molar-refractivity contribution in [1.29, 1.82) is 0 Å². The molecular formula is C13H18F2N2O. The molecule has 0 aliphatic heterocycles. The van der Waals surface area contributed by atoms with Crippen LogP contribution in [0.3, 0.4) is 0 Å². The van der Waals surface area contributed by atoms with E-state index in [1.54, 1.807) is 12.1 Å². The highest BCUT2D eigenvalue weighted by Gasteiger charge is 2.05. The van der Waals surface area contributed by atoms with Crippen LogP contribution in [-0.4, -0.2) is 19.0 Å². The van der Waals surface area contributed by atoms with E-state index < -0.39 is 6.43 Å². The van der Waals surface area contributed by atoms with Crippen molar-refractivity contribution in [1.82, 2.24) is 10.6 Å². The van der Waals surface area contributed by atoms with Crippen molar-refractivity contribution < 1.29 is 13.6 Å². The zero-order valence-corrected chi connectivity index (χ0v) is 10.4. The lowest BCUT2D eigenvalue weighted by Crippen LogP contribution is -2.33. The summed E-state index contributed by atoms with van der Waals surface area (Å²) in [5.74, 6) is -0.0546. The van der Waals surface area contributed by atoms with E-state index in [2.05, 4.69) is 10.6 Å². The Balaban J connectivity index is 2.29. The van der Waals surface area contributed by atoms with Crippen molar-refractivity contribution in [2.45, 2.75) is 26.3 Å². The van der Waals surface area contributed by atoms with Gasteiger partial charge in [-0.1, -0.05) is 31.2 Å². The maximum Gasteiger partial charge on any atom is 0.263 e. The second-order valence-electron chi connectivity index (χ2n) is 4.00. The Morgan fingerprint density at radius 3 is 2.50 bits per heavy atom. The van der Waals surface area contributed by atoms with E-state index in [-0.39, 0.29) is 18.0 Å². The highest BCUT2D eigenvalue weighted by Crippen LogP contribution is 2.18. The van der Waals surface area contributed by atoms with Crippen molar-refractivity contribution >= 4 is 5.91 Å². The van der Waals surface area contributed by atoms with Crippen LogP contribution in [0.4, 0.5) is 8.78 Å². The molecule has 2 N–H and O–H groups in total. The lowest BCUT2D eigenvalue weighted by molar-refractivity contribution is -0.120. The van der Waals surface area contributed by atoms with Crippen LogP contribution in [0.25, 0.3) is 0 Å². The normalized spacial score (nSPS) is 10.7. The molecule has 1 amide bonds. The summed E-state index contributed by atoms with van der Waals surface area (Å²) in [4.78, 5) is 11.3. The van der Waals surface area contributed by atoms with E-state index in [4.69, 9.17) is 0 Å². The third kappa shape index (κ3) is 5.23. The first kappa shape index (κ1) is 14.6. The van der Waals surface area contributed by atoms with Crippen molar-refractivity contribution in [2.24, 2.45) is 0 Å². The van der Waals surface area contributed by atoms with Crippen molar-refractivity contribution in [3.05, 3.63) is 35.4 Å². The number of carbonyl (C=O) groups is 1. The Hall–Kier alpha value is -1.49. The van der Waals surface area contributed by atoms with E-state index in [1.165, 1.54) is 12.1 Å². The summed E-state index contributed by atoms with van der Waals surface area (Å²) < 4.78 is 24.6. The molecule has 5 heteroatoms. The molecular weight excluding hydrogens is 238 g/mol. The SMILES string of the molecule is CCCNC(=O)CNCc1ccc(C(F)F)cc1. The molecule has 0 bridgehead atoms. The summed E-state index contributed by atoms with van der Waals surface area (Å²) in [5.41, 5.74) is 0.891. The number of amides is 1. The van der Waals surface area contributed by atoms with E-state index in [1.807, 2.05) is 6.92 Å². The molecule has 0 aromatic heterocycles. The molecule has 0 atom stereocenters. The molecule has 1 aromatic rings. The summed E-state index contributed by atoms with van der Waals surface area (Å²) >= 11 is 0. The van der Waals surface area contributed by atoms with Gasteiger partial charge in [-0.15, -0.1) is 0 Å². The highest BCUT2D eigenvalue weighted by atomic mass is 19.3. The monoisotopic (exact) mass is 256 g/mol. The average molecular weight is 256 g/mol. The lowest BCUT2D eigenvalue weighted by atomic mass is 10.1. The summed E-state index contributed by atoms with van der Waals surface area (Å²) in [6.45, 7) is 3.38. The molecule has 0 saturated heterocycles. The van der Waals surface area contributed by atoms with Crippen LogP contribution in [0.2, 0.25) is 0 Å². The van der Waals surface area contributed by atoms with Crippen LogP contribution in [0, 0.1) is 0 Å². The number of rotatable bonds is 7. The Morgan fingerprint density at radius 1 is 1.28 bits per heavy atom. The van der Waals surface area contributed by atoms with Gasteiger partial charge in [0.05, 0.1) is 6.54 Å². The molecule has 0 spiro atoms. The molecule has 0 radical (unpaired) electrons. The zero-order chi connectivity index (χ0) is 13.4. The van der Waals surface area contributed by atoms with Crippen molar-refractivity contribution in [3.8, 4) is 0 Å². The van der Waals surface area contributed by atoms with E-state index in [0.29, 0.717) is 13.1 Å². The molecule has 0 saturated carbocycles. The predicted octanol–water partition coefficient (Wildman–Crippen LogP) is 2.24. The number of hydrogen-bond acceptors (Lipinski definition) is 2. The minimum Gasteiger partial charge on any atom is -0.355 e. The molecule has 0 fully saturated rings. The number of benzene rings is 1. The first-order valence-corrected chi connectivity index (χ1v) is 5.98. The largest absolute Gasteiger partial charge is 0.355 e. The third-order valence-corrected chi connectivity index (χ3v) is 2.42. The molecule has 3 nitrogen and oxygen atoms in total. The van der Waals surface area contributed by atoms with Gasteiger partial charge < -0.3 is 10.6 Å². The number of alkyl halides is 2. The van der Waals surface area contributed by atoms with Gasteiger partial charge in [-0.3, -0.25) is 4.79 Å². The molecule has 0 unspecified atom stereocenters. The number of carbonyl (C=O) groups excluding carboxylic acids is 1. The maximum absolute atomic E-state index is 12.3. The van der Waals surface area contributed by atoms with Gasteiger partial charge in [0, 0.05) is 18.7 Å². The minimum absolute atomic E-state index is 0.0134. The lowest BCUT2D eigenvalue weighted by Gasteiger charge is -2.06. The topological polar surface area (TPSA) is 41.1 Å². The van der Waals surface area contributed by atoms with Crippen molar-refractivity contribution in [2.75, 3.05) is 13.1 Å². The first-order valence-electron chi connectivity index (χ1n) is 5.98. The molecule has 1 rings (SSSR count). The third-order valence-electron chi connectivity index (χ3n) is 2.42. The van der Waals surface area contributed by atoms with Crippen molar-refractivity contribution in [3.63, 3.8) is 0 Å². The molecule has 1 aromatic carbocycles. The van der Waals surface area contributed by atoms with Gasteiger partial charge in [-0.05, 0) is 12.0 Å². The fraction of sp³-hybridized carbons (Fsp3) is 0.462. The molecule has 0 aliphatic carbocycles. The van der Waals surface area contributed by atoms with Gasteiger partial charge in [0.1, 0.15) is 0 Å².